The topological polar surface area (TPSA) is 93.4 Å². The molecule has 0 fully saturated rings. The van der Waals surface area contributed by atoms with Gasteiger partial charge in [0, 0.05) is 34.0 Å². The molecule has 7 nitrogen and oxygen atoms in total. The molecule has 4 rings (SSSR count). The molecule has 1 aromatic heterocycles. The number of aliphatic hydroxyl groups excluding tert-OH is 1. The van der Waals surface area contributed by atoms with Gasteiger partial charge in [0.25, 0.3) is 0 Å². The summed E-state index contributed by atoms with van der Waals surface area (Å²) in [5.74, 6) is 0.0423. The summed E-state index contributed by atoms with van der Waals surface area (Å²) in [6.07, 6.45) is 0.370. The first-order chi connectivity index (χ1) is 15.0. The second-order valence-electron chi connectivity index (χ2n) is 7.61. The first-order valence-electron chi connectivity index (χ1n) is 10.2. The Bertz CT molecular complexity index is 1150. The van der Waals surface area contributed by atoms with Gasteiger partial charge in [0.15, 0.2) is 5.88 Å². The van der Waals surface area contributed by atoms with Gasteiger partial charge < -0.3 is 24.9 Å². The Morgan fingerprint density at radius 2 is 2.06 bits per heavy atom. The highest BCUT2D eigenvalue weighted by Gasteiger charge is 2.29. The van der Waals surface area contributed by atoms with Crippen molar-refractivity contribution in [2.24, 2.45) is 10.1 Å². The van der Waals surface area contributed by atoms with Crippen molar-refractivity contribution in [2.75, 3.05) is 26.7 Å². The van der Waals surface area contributed by atoms with E-state index in [4.69, 9.17) is 9.83 Å². The number of aromatic hydroxyl groups is 1. The normalized spacial score (nSPS) is 15.5. The molecule has 2 heterocycles. The third-order valence-electron chi connectivity index (χ3n) is 5.31. The molecule has 0 amide bonds. The largest absolute Gasteiger partial charge is 0.494 e. The van der Waals surface area contributed by atoms with Crippen LogP contribution in [-0.4, -0.2) is 64.4 Å². The summed E-state index contributed by atoms with van der Waals surface area (Å²) < 4.78 is 0.906. The van der Waals surface area contributed by atoms with E-state index in [0.717, 1.165) is 26.6 Å². The van der Waals surface area contributed by atoms with Crippen LogP contribution in [-0.2, 0) is 4.84 Å². The summed E-state index contributed by atoms with van der Waals surface area (Å²) in [6.45, 7) is 3.55. The predicted molar refractivity (Wildman–Crippen MR) is 127 cm³/mol. The second kappa shape index (κ2) is 9.21. The number of aromatic amines is 1. The Morgan fingerprint density at radius 1 is 1.26 bits per heavy atom. The fraction of sp³-hybridized carbons (Fsp3) is 0.304. The Kier molecular flexibility index (Phi) is 6.41. The van der Waals surface area contributed by atoms with Crippen molar-refractivity contribution in [2.45, 2.75) is 19.4 Å². The Morgan fingerprint density at radius 3 is 2.87 bits per heavy atom. The molecule has 1 aliphatic rings. The maximum absolute atomic E-state index is 10.7. The van der Waals surface area contributed by atoms with Crippen LogP contribution in [0.2, 0.25) is 0 Å². The van der Waals surface area contributed by atoms with Crippen LogP contribution in [0.15, 0.2) is 57.1 Å². The number of hydrogen-bond donors (Lipinski definition) is 3. The van der Waals surface area contributed by atoms with E-state index in [-0.39, 0.29) is 12.0 Å². The van der Waals surface area contributed by atoms with E-state index >= 15 is 0 Å². The third-order valence-corrected chi connectivity index (χ3v) is 5.80. The molecular formula is C23H25BrN4O3. The van der Waals surface area contributed by atoms with Gasteiger partial charge in [-0.1, -0.05) is 46.2 Å². The lowest BCUT2D eigenvalue weighted by Gasteiger charge is -2.18. The smallest absolute Gasteiger partial charge is 0.199 e. The highest BCUT2D eigenvalue weighted by atomic mass is 79.9. The number of halogens is 1. The number of benzene rings is 2. The Hall–Kier alpha value is -2.68. The number of para-hydroxylation sites is 1. The van der Waals surface area contributed by atoms with Crippen LogP contribution in [0.4, 0.5) is 5.69 Å². The summed E-state index contributed by atoms with van der Waals surface area (Å²) in [4.78, 5) is 15.4. The van der Waals surface area contributed by atoms with E-state index in [1.807, 2.05) is 61.3 Å². The van der Waals surface area contributed by atoms with E-state index in [0.29, 0.717) is 43.1 Å². The average molecular weight is 485 g/mol. The van der Waals surface area contributed by atoms with E-state index in [2.05, 4.69) is 26.1 Å². The van der Waals surface area contributed by atoms with Crippen molar-refractivity contribution < 1.29 is 15.1 Å². The maximum Gasteiger partial charge on any atom is 0.199 e. The summed E-state index contributed by atoms with van der Waals surface area (Å²) >= 11 is 3.50. The molecule has 31 heavy (non-hydrogen) atoms. The lowest BCUT2D eigenvalue weighted by atomic mass is 10.0. The molecule has 3 N–H and O–H groups in total. The molecule has 0 saturated carbocycles. The number of oxime groups is 1. The lowest BCUT2D eigenvalue weighted by Crippen LogP contribution is -2.31. The van der Waals surface area contributed by atoms with Crippen molar-refractivity contribution >= 4 is 43.9 Å². The Labute approximate surface area is 189 Å². The van der Waals surface area contributed by atoms with Gasteiger partial charge in [-0.25, -0.2) is 4.99 Å². The number of fused-ring (bicyclic) bond motifs is 2. The summed E-state index contributed by atoms with van der Waals surface area (Å²) in [6, 6.07) is 13.5. The van der Waals surface area contributed by atoms with Gasteiger partial charge in [-0.3, -0.25) is 0 Å². The third kappa shape index (κ3) is 4.51. The van der Waals surface area contributed by atoms with Crippen LogP contribution in [0.1, 0.15) is 24.5 Å². The van der Waals surface area contributed by atoms with Crippen LogP contribution in [0.3, 0.4) is 0 Å². The zero-order chi connectivity index (χ0) is 22.0. The van der Waals surface area contributed by atoms with E-state index < -0.39 is 0 Å². The molecule has 2 aromatic carbocycles. The number of H-pyrrole nitrogens is 1. The van der Waals surface area contributed by atoms with Crippen LogP contribution in [0, 0.1) is 0 Å². The number of likely N-dealkylation sites (N-methyl/N-ethyl adjacent to an activating group) is 1. The molecule has 3 aromatic rings. The van der Waals surface area contributed by atoms with Gasteiger partial charge >= 0.3 is 0 Å². The predicted octanol–water partition coefficient (Wildman–Crippen LogP) is 4.19. The second-order valence-corrected chi connectivity index (χ2v) is 8.53. The fourth-order valence-corrected chi connectivity index (χ4v) is 3.98. The maximum atomic E-state index is 10.7. The minimum atomic E-state index is -0.346. The number of aliphatic imine (C=N–C) groups is 1. The molecule has 162 valence electrons. The summed E-state index contributed by atoms with van der Waals surface area (Å²) in [5.41, 5.74) is 4.20. The van der Waals surface area contributed by atoms with E-state index in [1.165, 1.54) is 0 Å². The van der Waals surface area contributed by atoms with Crippen LogP contribution in [0.5, 0.6) is 5.88 Å². The highest BCUT2D eigenvalue weighted by Crippen LogP contribution is 2.36. The molecular weight excluding hydrogens is 460 g/mol. The molecule has 8 heteroatoms. The van der Waals surface area contributed by atoms with Gasteiger partial charge in [0.05, 0.1) is 17.4 Å². The first-order valence-corrected chi connectivity index (χ1v) is 11.0. The van der Waals surface area contributed by atoms with Crippen LogP contribution >= 0.6 is 15.9 Å². The van der Waals surface area contributed by atoms with Crippen molar-refractivity contribution in [3.8, 4) is 5.88 Å². The molecule has 0 radical (unpaired) electrons. The first kappa shape index (κ1) is 21.5. The van der Waals surface area contributed by atoms with Gasteiger partial charge in [-0.15, -0.1) is 0 Å². The van der Waals surface area contributed by atoms with Crippen molar-refractivity contribution in [3.05, 3.63) is 58.1 Å². The Balaban J connectivity index is 1.62. The van der Waals surface area contributed by atoms with Crippen molar-refractivity contribution in [1.29, 1.82) is 0 Å². The quantitative estimate of drug-likeness (QED) is 0.330. The number of rotatable bonds is 8. The number of nitrogens with zero attached hydrogens (tertiary/aromatic N) is 3. The number of aromatic nitrogens is 1. The van der Waals surface area contributed by atoms with Gasteiger partial charge in [0.1, 0.15) is 18.0 Å². The van der Waals surface area contributed by atoms with E-state index in [9.17, 15) is 10.2 Å². The summed E-state index contributed by atoms with van der Waals surface area (Å²) in [5, 5.41) is 25.7. The highest BCUT2D eigenvalue weighted by molar-refractivity contribution is 9.10. The van der Waals surface area contributed by atoms with Gasteiger partial charge in [-0.2, -0.15) is 0 Å². The van der Waals surface area contributed by atoms with E-state index in [1.54, 1.807) is 0 Å². The molecule has 1 unspecified atom stereocenters. The number of nitrogens with one attached hydrogen (secondary N) is 1. The molecule has 0 bridgehead atoms. The summed E-state index contributed by atoms with van der Waals surface area (Å²) in [7, 11) is 1.94. The fourth-order valence-electron chi connectivity index (χ4n) is 3.62. The minimum absolute atomic E-state index is 0.0423. The van der Waals surface area contributed by atoms with Crippen molar-refractivity contribution in [1.82, 2.24) is 9.88 Å². The zero-order valence-corrected chi connectivity index (χ0v) is 19.1. The molecule has 0 aliphatic carbocycles. The molecule has 0 saturated heterocycles. The number of hydrogen-bond acceptors (Lipinski definition) is 6. The van der Waals surface area contributed by atoms with Gasteiger partial charge in [-0.05, 0) is 37.7 Å². The molecule has 0 spiro atoms. The van der Waals surface area contributed by atoms with Crippen molar-refractivity contribution in [3.63, 3.8) is 0 Å². The SMILES string of the molecule is CCC(O)CN(C)CCON=C1C(c2c(O)[nH]c3ccc(Br)cc23)=Nc2ccccc21. The average Bonchev–Trinajstić information content (AvgIpc) is 3.27. The molecule has 1 atom stereocenters. The lowest BCUT2D eigenvalue weighted by molar-refractivity contribution is 0.0861. The van der Waals surface area contributed by atoms with Gasteiger partial charge in [0.2, 0.25) is 0 Å². The monoisotopic (exact) mass is 484 g/mol. The van der Waals surface area contributed by atoms with Crippen LogP contribution < -0.4 is 0 Å². The standard InChI is InChI=1S/C23H25BrN4O3/c1-3-15(29)13-28(2)10-11-31-27-21-16-6-4-5-7-18(16)25-22(21)20-17-12-14(24)8-9-19(17)26-23(20)30/h4-9,12,15,26,29-30H,3,10-11,13H2,1-2H3. The minimum Gasteiger partial charge on any atom is -0.494 e. The van der Waals surface area contributed by atoms with Crippen LogP contribution in [0.25, 0.3) is 10.9 Å². The molecule has 1 aliphatic heterocycles. The zero-order valence-electron chi connectivity index (χ0n) is 17.5. The number of aliphatic hydroxyl groups is 1.